The van der Waals surface area contributed by atoms with Gasteiger partial charge in [-0.25, -0.2) is 0 Å². The van der Waals surface area contributed by atoms with Crippen LogP contribution in [-0.4, -0.2) is 46.0 Å². The van der Waals surface area contributed by atoms with E-state index >= 15 is 0 Å². The van der Waals surface area contributed by atoms with Gasteiger partial charge in [0.05, 0.1) is 12.7 Å². The Bertz CT molecular complexity index is 182. The maximum absolute atomic E-state index is 5.79. The average molecular weight is 264 g/mol. The fourth-order valence-corrected chi connectivity index (χ4v) is 5.31. The molecule has 1 saturated heterocycles. The number of thioether (sulfide) groups is 1. The highest BCUT2D eigenvalue weighted by Gasteiger charge is 2.30. The highest BCUT2D eigenvalue weighted by atomic mass is 32.2. The first-order valence-corrected chi connectivity index (χ1v) is 9.85. The summed E-state index contributed by atoms with van der Waals surface area (Å²) in [4.78, 5) is 0. The van der Waals surface area contributed by atoms with Crippen molar-refractivity contribution < 1.29 is 13.6 Å². The van der Waals surface area contributed by atoms with E-state index in [9.17, 15) is 0 Å². The topological polar surface area (TPSA) is 31.0 Å². The van der Waals surface area contributed by atoms with Gasteiger partial charge in [0, 0.05) is 19.0 Å². The van der Waals surface area contributed by atoms with E-state index in [2.05, 4.69) is 6.55 Å². The van der Waals surface area contributed by atoms with E-state index in [1.165, 1.54) is 12.2 Å². The molecule has 3 nitrogen and oxygen atoms in total. The van der Waals surface area contributed by atoms with Gasteiger partial charge in [-0.3, -0.25) is 0 Å². The molecule has 1 rings (SSSR count). The van der Waals surface area contributed by atoms with Gasteiger partial charge in [0.15, 0.2) is 0 Å². The molecule has 0 spiro atoms. The lowest BCUT2D eigenvalue weighted by molar-refractivity contribution is 0.189. The van der Waals surface area contributed by atoms with Crippen LogP contribution in [0.25, 0.3) is 0 Å². The molecule has 0 saturated carbocycles. The summed E-state index contributed by atoms with van der Waals surface area (Å²) >= 11 is 1.99. The normalized spacial score (nSPS) is 20.1. The third-order valence-electron chi connectivity index (χ3n) is 2.53. The van der Waals surface area contributed by atoms with Crippen LogP contribution in [0, 0.1) is 0 Å². The standard InChI is InChI=1S/C11H24O3SSi/c1-4-13-16(3,14-5-2)8-6-7-15-10-11-9-12-11/h11H,4-10H2,1-3H3. The zero-order chi connectivity index (χ0) is 11.9. The molecule has 1 atom stereocenters. The molecule has 0 N–H and O–H groups in total. The van der Waals surface area contributed by atoms with Crippen LogP contribution in [0.15, 0.2) is 0 Å². The van der Waals surface area contributed by atoms with Crippen LogP contribution in [0.5, 0.6) is 0 Å². The molecule has 0 radical (unpaired) electrons. The molecule has 1 aliphatic rings. The maximum Gasteiger partial charge on any atom is 0.334 e. The molecule has 0 bridgehead atoms. The number of ether oxygens (including phenoxy) is 1. The minimum Gasteiger partial charge on any atom is -0.395 e. The fourth-order valence-electron chi connectivity index (χ4n) is 1.67. The van der Waals surface area contributed by atoms with Crippen molar-refractivity contribution in [3.8, 4) is 0 Å². The van der Waals surface area contributed by atoms with E-state index in [0.717, 1.165) is 31.6 Å². The summed E-state index contributed by atoms with van der Waals surface area (Å²) < 4.78 is 16.8. The van der Waals surface area contributed by atoms with Crippen molar-refractivity contribution in [2.45, 2.75) is 39.0 Å². The quantitative estimate of drug-likeness (QED) is 0.345. The number of epoxide rings is 1. The Morgan fingerprint density at radius 3 is 2.44 bits per heavy atom. The number of rotatable bonds is 10. The van der Waals surface area contributed by atoms with Gasteiger partial charge in [0.25, 0.3) is 0 Å². The number of hydrogen-bond acceptors (Lipinski definition) is 4. The predicted molar refractivity (Wildman–Crippen MR) is 71.4 cm³/mol. The number of hydrogen-bond donors (Lipinski definition) is 0. The summed E-state index contributed by atoms with van der Waals surface area (Å²) in [6.07, 6.45) is 1.74. The SMILES string of the molecule is CCO[Si](C)(CCCSCC1CO1)OCC. The van der Waals surface area contributed by atoms with Crippen LogP contribution < -0.4 is 0 Å². The van der Waals surface area contributed by atoms with Gasteiger partial charge in [-0.2, -0.15) is 11.8 Å². The first kappa shape index (κ1) is 14.5. The van der Waals surface area contributed by atoms with E-state index in [0.29, 0.717) is 6.10 Å². The average Bonchev–Trinajstić information content (AvgIpc) is 3.02. The monoisotopic (exact) mass is 264 g/mol. The summed E-state index contributed by atoms with van der Waals surface area (Å²) in [5.74, 6) is 2.35. The zero-order valence-electron chi connectivity index (χ0n) is 10.7. The third-order valence-corrected chi connectivity index (χ3v) is 6.77. The second-order valence-corrected chi connectivity index (χ2v) is 8.63. The molecule has 0 aliphatic carbocycles. The highest BCUT2D eigenvalue weighted by Crippen LogP contribution is 2.20. The second-order valence-electron chi connectivity index (χ2n) is 4.13. The van der Waals surface area contributed by atoms with Crippen LogP contribution in [0.4, 0.5) is 0 Å². The first-order chi connectivity index (χ1) is 7.70. The summed E-state index contributed by atoms with van der Waals surface area (Å²) in [5.41, 5.74) is 0. The molecular formula is C11H24O3SSi. The summed E-state index contributed by atoms with van der Waals surface area (Å²) in [7, 11) is -1.86. The minimum atomic E-state index is -1.86. The zero-order valence-corrected chi connectivity index (χ0v) is 12.5. The lowest BCUT2D eigenvalue weighted by atomic mass is 10.6. The molecule has 0 amide bonds. The van der Waals surface area contributed by atoms with Gasteiger partial charge in [-0.15, -0.1) is 0 Å². The molecule has 0 aromatic carbocycles. The molecule has 0 aromatic heterocycles. The van der Waals surface area contributed by atoms with Crippen LogP contribution in [0.1, 0.15) is 20.3 Å². The summed E-state index contributed by atoms with van der Waals surface area (Å²) in [5, 5.41) is 0. The molecule has 1 aliphatic heterocycles. The van der Waals surface area contributed by atoms with Crippen LogP contribution in [-0.2, 0) is 13.6 Å². The molecule has 1 heterocycles. The van der Waals surface area contributed by atoms with Gasteiger partial charge in [-0.1, -0.05) is 0 Å². The minimum absolute atomic E-state index is 0.549. The van der Waals surface area contributed by atoms with Crippen molar-refractivity contribution in [2.24, 2.45) is 0 Å². The van der Waals surface area contributed by atoms with Crippen LogP contribution in [0.2, 0.25) is 12.6 Å². The Morgan fingerprint density at radius 1 is 1.31 bits per heavy atom. The first-order valence-electron chi connectivity index (χ1n) is 6.17. The van der Waals surface area contributed by atoms with Gasteiger partial charge in [-0.05, 0) is 38.6 Å². The van der Waals surface area contributed by atoms with Crippen molar-refractivity contribution >= 4 is 20.3 Å². The fraction of sp³-hybridized carbons (Fsp3) is 1.00. The van der Waals surface area contributed by atoms with E-state index in [-0.39, 0.29) is 0 Å². The van der Waals surface area contributed by atoms with Crippen molar-refractivity contribution in [3.63, 3.8) is 0 Å². The Balaban J connectivity index is 2.05. The summed E-state index contributed by atoms with van der Waals surface area (Å²) in [6.45, 7) is 8.77. The third kappa shape index (κ3) is 6.25. The largest absolute Gasteiger partial charge is 0.395 e. The molecule has 0 aromatic rings. The van der Waals surface area contributed by atoms with Crippen LogP contribution >= 0.6 is 11.8 Å². The second kappa shape index (κ2) is 7.71. The molecule has 1 unspecified atom stereocenters. The van der Waals surface area contributed by atoms with E-state index < -0.39 is 8.56 Å². The van der Waals surface area contributed by atoms with Gasteiger partial charge >= 0.3 is 8.56 Å². The smallest absolute Gasteiger partial charge is 0.334 e. The Labute approximate surface area is 104 Å². The lowest BCUT2D eigenvalue weighted by Gasteiger charge is -2.25. The van der Waals surface area contributed by atoms with E-state index in [1.807, 2.05) is 25.6 Å². The molecular weight excluding hydrogens is 240 g/mol. The van der Waals surface area contributed by atoms with Gasteiger partial charge < -0.3 is 13.6 Å². The van der Waals surface area contributed by atoms with Gasteiger partial charge in [0.2, 0.25) is 0 Å². The predicted octanol–water partition coefficient (Wildman–Crippen LogP) is 2.65. The Morgan fingerprint density at radius 2 is 1.94 bits per heavy atom. The van der Waals surface area contributed by atoms with Gasteiger partial charge in [0.1, 0.15) is 0 Å². The van der Waals surface area contributed by atoms with Crippen molar-refractivity contribution in [1.29, 1.82) is 0 Å². The van der Waals surface area contributed by atoms with Crippen molar-refractivity contribution in [3.05, 3.63) is 0 Å². The molecule has 16 heavy (non-hydrogen) atoms. The molecule has 1 fully saturated rings. The summed E-state index contributed by atoms with van der Waals surface area (Å²) in [6, 6.07) is 1.10. The van der Waals surface area contributed by atoms with E-state index in [4.69, 9.17) is 13.6 Å². The van der Waals surface area contributed by atoms with Crippen molar-refractivity contribution in [2.75, 3.05) is 31.3 Å². The molecule has 5 heteroatoms. The van der Waals surface area contributed by atoms with Crippen molar-refractivity contribution in [1.82, 2.24) is 0 Å². The molecule has 96 valence electrons. The Kier molecular flexibility index (Phi) is 6.99. The highest BCUT2D eigenvalue weighted by molar-refractivity contribution is 7.99. The maximum atomic E-state index is 5.79. The lowest BCUT2D eigenvalue weighted by Crippen LogP contribution is -2.38. The van der Waals surface area contributed by atoms with E-state index in [1.54, 1.807) is 0 Å². The van der Waals surface area contributed by atoms with Crippen LogP contribution in [0.3, 0.4) is 0 Å². The Hall–Kier alpha value is 0.447.